The van der Waals surface area contributed by atoms with E-state index in [2.05, 4.69) is 27.9 Å². The lowest BCUT2D eigenvalue weighted by atomic mass is 10.0. The first-order valence-corrected chi connectivity index (χ1v) is 6.24. The number of nitrogens with zero attached hydrogens (tertiary/aromatic N) is 3. The molecule has 0 spiro atoms. The molecule has 2 N–H and O–H groups in total. The van der Waals surface area contributed by atoms with Gasteiger partial charge in [-0.1, -0.05) is 19.1 Å². The molecule has 0 saturated carbocycles. The molecular weight excluding hydrogens is 236 g/mol. The number of nitrogens with two attached hydrogens (primary N) is 1. The first-order chi connectivity index (χ1) is 9.29. The van der Waals surface area contributed by atoms with Crippen molar-refractivity contribution >= 4 is 16.7 Å². The molecule has 0 radical (unpaired) electrons. The van der Waals surface area contributed by atoms with Crippen LogP contribution in [0, 0.1) is 0 Å². The van der Waals surface area contributed by atoms with Gasteiger partial charge in [-0.15, -0.1) is 0 Å². The van der Waals surface area contributed by atoms with E-state index in [0.29, 0.717) is 5.82 Å². The highest BCUT2D eigenvalue weighted by Gasteiger charge is 2.10. The van der Waals surface area contributed by atoms with E-state index in [9.17, 15) is 0 Å². The normalized spacial score (nSPS) is 10.8. The summed E-state index contributed by atoms with van der Waals surface area (Å²) in [7, 11) is 0. The van der Waals surface area contributed by atoms with Crippen molar-refractivity contribution in [2.45, 2.75) is 13.3 Å². The van der Waals surface area contributed by atoms with Crippen molar-refractivity contribution in [2.24, 2.45) is 0 Å². The molecule has 4 heteroatoms. The van der Waals surface area contributed by atoms with Crippen LogP contribution in [0.15, 0.2) is 42.9 Å². The van der Waals surface area contributed by atoms with Crippen LogP contribution in [0.2, 0.25) is 0 Å². The Morgan fingerprint density at radius 3 is 2.84 bits per heavy atom. The maximum absolute atomic E-state index is 5.92. The zero-order valence-electron chi connectivity index (χ0n) is 10.7. The van der Waals surface area contributed by atoms with Gasteiger partial charge in [-0.3, -0.25) is 4.98 Å². The number of pyridine rings is 1. The van der Waals surface area contributed by atoms with Gasteiger partial charge < -0.3 is 5.73 Å². The fraction of sp³-hybridized carbons (Fsp3) is 0.133. The predicted molar refractivity (Wildman–Crippen MR) is 76.6 cm³/mol. The van der Waals surface area contributed by atoms with Crippen LogP contribution in [-0.4, -0.2) is 15.0 Å². The van der Waals surface area contributed by atoms with Crippen LogP contribution in [-0.2, 0) is 6.42 Å². The van der Waals surface area contributed by atoms with Gasteiger partial charge in [0.2, 0.25) is 0 Å². The van der Waals surface area contributed by atoms with E-state index in [4.69, 9.17) is 5.73 Å². The quantitative estimate of drug-likeness (QED) is 0.759. The van der Waals surface area contributed by atoms with Crippen LogP contribution in [0.5, 0.6) is 0 Å². The van der Waals surface area contributed by atoms with Crippen molar-refractivity contribution in [3.63, 3.8) is 0 Å². The summed E-state index contributed by atoms with van der Waals surface area (Å²) in [4.78, 5) is 12.7. The first-order valence-electron chi connectivity index (χ1n) is 6.24. The highest BCUT2D eigenvalue weighted by Crippen LogP contribution is 2.27. The molecule has 94 valence electrons. The molecule has 0 fully saturated rings. The van der Waals surface area contributed by atoms with Gasteiger partial charge in [0.1, 0.15) is 12.1 Å². The van der Waals surface area contributed by atoms with Gasteiger partial charge in [-0.25, -0.2) is 9.97 Å². The Labute approximate surface area is 111 Å². The topological polar surface area (TPSA) is 64.7 Å². The highest BCUT2D eigenvalue weighted by atomic mass is 14.9. The molecule has 0 bridgehead atoms. The Hall–Kier alpha value is -2.49. The number of aromatic nitrogens is 3. The third-order valence-corrected chi connectivity index (χ3v) is 3.21. The summed E-state index contributed by atoms with van der Waals surface area (Å²) in [6.07, 6.45) is 4.12. The number of hydrogen-bond donors (Lipinski definition) is 1. The highest BCUT2D eigenvalue weighted by molar-refractivity contribution is 5.84. The second-order valence-electron chi connectivity index (χ2n) is 4.35. The van der Waals surface area contributed by atoms with Gasteiger partial charge in [-0.2, -0.15) is 0 Å². The number of rotatable bonds is 2. The number of anilines is 1. The Balaban J connectivity index is 2.22. The Morgan fingerprint density at radius 1 is 1.11 bits per heavy atom. The van der Waals surface area contributed by atoms with E-state index < -0.39 is 0 Å². The summed E-state index contributed by atoms with van der Waals surface area (Å²) in [6.45, 7) is 2.06. The summed E-state index contributed by atoms with van der Waals surface area (Å²) in [5, 5.41) is 1.10. The minimum absolute atomic E-state index is 0.554. The number of nitrogen functional groups attached to an aromatic ring is 1. The SMILES string of the molecule is CCc1c(N)ncnc1-c1ccc2ncccc2c1. The molecule has 3 rings (SSSR count). The van der Waals surface area contributed by atoms with Crippen LogP contribution in [0.25, 0.3) is 22.2 Å². The minimum Gasteiger partial charge on any atom is -0.383 e. The predicted octanol–water partition coefficient (Wildman–Crippen LogP) is 2.84. The number of hydrogen-bond acceptors (Lipinski definition) is 4. The van der Waals surface area contributed by atoms with E-state index in [-0.39, 0.29) is 0 Å². The maximum atomic E-state index is 5.92. The first kappa shape index (κ1) is 11.6. The Morgan fingerprint density at radius 2 is 2.00 bits per heavy atom. The van der Waals surface area contributed by atoms with Crippen LogP contribution >= 0.6 is 0 Å². The molecule has 4 nitrogen and oxygen atoms in total. The molecule has 0 aliphatic carbocycles. The number of fused-ring (bicyclic) bond motifs is 1. The van der Waals surface area contributed by atoms with Gasteiger partial charge in [-0.05, 0) is 24.6 Å². The molecule has 0 amide bonds. The van der Waals surface area contributed by atoms with Crippen LogP contribution in [0.1, 0.15) is 12.5 Å². The van der Waals surface area contributed by atoms with E-state index in [1.54, 1.807) is 6.20 Å². The summed E-state index contributed by atoms with van der Waals surface area (Å²) in [5.41, 5.74) is 9.84. The summed E-state index contributed by atoms with van der Waals surface area (Å²) in [5.74, 6) is 0.554. The summed E-state index contributed by atoms with van der Waals surface area (Å²) in [6, 6.07) is 10.1. The summed E-state index contributed by atoms with van der Waals surface area (Å²) >= 11 is 0. The standard InChI is InChI=1S/C15H14N4/c1-2-12-14(18-9-19-15(12)16)11-5-6-13-10(8-11)4-3-7-17-13/h3-9H,2H2,1H3,(H2,16,18,19). The van der Waals surface area contributed by atoms with Gasteiger partial charge in [0.05, 0.1) is 11.2 Å². The lowest BCUT2D eigenvalue weighted by Crippen LogP contribution is -2.01. The molecule has 0 aliphatic rings. The smallest absolute Gasteiger partial charge is 0.130 e. The average Bonchev–Trinajstić information content (AvgIpc) is 2.46. The molecule has 19 heavy (non-hydrogen) atoms. The maximum Gasteiger partial charge on any atom is 0.130 e. The molecule has 3 aromatic rings. The minimum atomic E-state index is 0.554. The largest absolute Gasteiger partial charge is 0.383 e. The fourth-order valence-electron chi connectivity index (χ4n) is 2.25. The zero-order chi connectivity index (χ0) is 13.2. The van der Waals surface area contributed by atoms with Crippen molar-refractivity contribution in [3.8, 4) is 11.3 Å². The Kier molecular flexibility index (Phi) is 2.83. The van der Waals surface area contributed by atoms with E-state index in [1.165, 1.54) is 6.33 Å². The zero-order valence-corrected chi connectivity index (χ0v) is 10.7. The van der Waals surface area contributed by atoms with Gasteiger partial charge in [0.25, 0.3) is 0 Å². The molecular formula is C15H14N4. The molecule has 2 aromatic heterocycles. The third-order valence-electron chi connectivity index (χ3n) is 3.21. The second kappa shape index (κ2) is 4.65. The van der Waals surface area contributed by atoms with Crippen LogP contribution in [0.4, 0.5) is 5.82 Å². The molecule has 0 saturated heterocycles. The van der Waals surface area contributed by atoms with E-state index >= 15 is 0 Å². The van der Waals surface area contributed by atoms with Crippen molar-refractivity contribution in [1.82, 2.24) is 15.0 Å². The second-order valence-corrected chi connectivity index (χ2v) is 4.35. The average molecular weight is 250 g/mol. The van der Waals surface area contributed by atoms with Gasteiger partial charge >= 0.3 is 0 Å². The van der Waals surface area contributed by atoms with E-state index in [0.717, 1.165) is 34.1 Å². The lowest BCUT2D eigenvalue weighted by molar-refractivity contribution is 1.06. The molecule has 0 unspecified atom stereocenters. The van der Waals surface area contributed by atoms with Crippen molar-refractivity contribution in [1.29, 1.82) is 0 Å². The van der Waals surface area contributed by atoms with Crippen molar-refractivity contribution < 1.29 is 0 Å². The molecule has 0 atom stereocenters. The number of benzene rings is 1. The van der Waals surface area contributed by atoms with E-state index in [1.807, 2.05) is 24.3 Å². The van der Waals surface area contributed by atoms with Gasteiger partial charge in [0.15, 0.2) is 0 Å². The molecule has 0 aliphatic heterocycles. The fourth-order valence-corrected chi connectivity index (χ4v) is 2.25. The summed E-state index contributed by atoms with van der Waals surface area (Å²) < 4.78 is 0. The third kappa shape index (κ3) is 2.01. The Bertz CT molecular complexity index is 737. The lowest BCUT2D eigenvalue weighted by Gasteiger charge is -2.09. The monoisotopic (exact) mass is 250 g/mol. The van der Waals surface area contributed by atoms with Crippen molar-refractivity contribution in [2.75, 3.05) is 5.73 Å². The van der Waals surface area contributed by atoms with Gasteiger partial charge in [0, 0.05) is 22.7 Å². The van der Waals surface area contributed by atoms with Crippen molar-refractivity contribution in [3.05, 3.63) is 48.4 Å². The molecule has 2 heterocycles. The van der Waals surface area contributed by atoms with Crippen LogP contribution in [0.3, 0.4) is 0 Å². The molecule has 1 aromatic carbocycles. The van der Waals surface area contributed by atoms with Crippen LogP contribution < -0.4 is 5.73 Å².